The van der Waals surface area contributed by atoms with E-state index >= 15 is 0 Å². The van der Waals surface area contributed by atoms with Gasteiger partial charge in [-0.2, -0.15) is 13.2 Å². The minimum atomic E-state index is -4.64. The lowest BCUT2D eigenvalue weighted by Gasteiger charge is -2.18. The highest BCUT2D eigenvalue weighted by Crippen LogP contribution is 2.42. The third-order valence-electron chi connectivity index (χ3n) is 7.37. The summed E-state index contributed by atoms with van der Waals surface area (Å²) < 4.78 is 61.2. The van der Waals surface area contributed by atoms with Crippen LogP contribution >= 0.6 is 23.2 Å². The maximum atomic E-state index is 13.6. The zero-order valence-electron chi connectivity index (χ0n) is 25.9. The van der Waals surface area contributed by atoms with Crippen molar-refractivity contribution in [3.63, 3.8) is 0 Å². The van der Waals surface area contributed by atoms with Crippen molar-refractivity contribution < 1.29 is 27.4 Å². The van der Waals surface area contributed by atoms with Crippen molar-refractivity contribution in [2.24, 2.45) is 0 Å². The first kappa shape index (κ1) is 34.7. The van der Waals surface area contributed by atoms with Crippen molar-refractivity contribution in [2.45, 2.75) is 59.2 Å². The maximum absolute atomic E-state index is 13.6. The van der Waals surface area contributed by atoms with Gasteiger partial charge in [-0.15, -0.1) is 0 Å². The minimum Gasteiger partial charge on any atom is -0.493 e. The number of hydrogen-bond acceptors (Lipinski definition) is 5. The van der Waals surface area contributed by atoms with Gasteiger partial charge < -0.3 is 23.7 Å². The van der Waals surface area contributed by atoms with Crippen LogP contribution in [-0.4, -0.2) is 47.3 Å². The number of ether oxygens (including phenoxy) is 3. The van der Waals surface area contributed by atoms with Crippen molar-refractivity contribution in [1.82, 2.24) is 14.5 Å². The molecule has 0 atom stereocenters. The molecule has 0 spiro atoms. The number of rotatable bonds is 16. The highest BCUT2D eigenvalue weighted by Gasteiger charge is 2.34. The molecule has 0 fully saturated rings. The Bertz CT molecular complexity index is 1570. The van der Waals surface area contributed by atoms with Crippen LogP contribution in [0.3, 0.4) is 0 Å². The number of aromatic nitrogens is 2. The smallest absolute Gasteiger partial charge is 0.417 e. The number of halogens is 5. The average molecular weight is 666 g/mol. The van der Waals surface area contributed by atoms with E-state index in [1.807, 2.05) is 12.1 Å². The topological polar surface area (TPSA) is 48.8 Å². The Hall–Kier alpha value is -3.14. The van der Waals surface area contributed by atoms with Gasteiger partial charge in [0.1, 0.15) is 28.6 Å². The van der Waals surface area contributed by atoms with Gasteiger partial charge in [-0.3, -0.25) is 0 Å². The monoisotopic (exact) mass is 664 g/mol. The molecule has 0 amide bonds. The van der Waals surface area contributed by atoms with E-state index in [-0.39, 0.29) is 11.5 Å². The van der Waals surface area contributed by atoms with E-state index in [1.54, 1.807) is 18.2 Å². The molecule has 1 aromatic heterocycles. The van der Waals surface area contributed by atoms with E-state index in [9.17, 15) is 13.2 Å². The molecule has 6 nitrogen and oxygen atoms in total. The molecular weight excluding hydrogens is 626 g/mol. The van der Waals surface area contributed by atoms with Gasteiger partial charge in [0.2, 0.25) is 0 Å². The molecule has 0 saturated carbocycles. The molecule has 0 bridgehead atoms. The first-order valence-corrected chi connectivity index (χ1v) is 16.0. The standard InChI is InChI=1S/C34H39Cl2F3N3O3/c1-5-9-16-42-29-21-25(43-18-10-15-41(7-3)8-4)22-31(44-17-6-2)32(29)40-33(42)26-13-11-23(35)19-30(26)45-24-12-14-28(36)27(20-24)34(37,38)39/h11-14,19-22H,2,5-10,15-18H2,1,3-4H3. The number of benzene rings is 3. The van der Waals surface area contributed by atoms with E-state index in [4.69, 9.17) is 42.4 Å². The van der Waals surface area contributed by atoms with Crippen LogP contribution in [-0.2, 0) is 12.7 Å². The molecule has 0 aliphatic heterocycles. The van der Waals surface area contributed by atoms with E-state index in [0.717, 1.165) is 56.5 Å². The zero-order valence-corrected chi connectivity index (χ0v) is 27.4. The Morgan fingerprint density at radius 2 is 1.67 bits per heavy atom. The molecule has 45 heavy (non-hydrogen) atoms. The summed E-state index contributed by atoms with van der Waals surface area (Å²) in [6.07, 6.45) is -1.41. The minimum absolute atomic E-state index is 0.0358. The van der Waals surface area contributed by atoms with Crippen LogP contribution in [0.5, 0.6) is 23.0 Å². The number of fused-ring (bicyclic) bond motifs is 1. The Morgan fingerprint density at radius 1 is 0.889 bits per heavy atom. The van der Waals surface area contributed by atoms with Crippen LogP contribution in [0.2, 0.25) is 10.0 Å². The van der Waals surface area contributed by atoms with E-state index in [1.165, 1.54) is 6.07 Å². The third kappa shape index (κ3) is 8.77. The van der Waals surface area contributed by atoms with Gasteiger partial charge in [-0.25, -0.2) is 4.98 Å². The quantitative estimate of drug-likeness (QED) is 0.112. The second-order valence-electron chi connectivity index (χ2n) is 10.5. The molecule has 0 N–H and O–H groups in total. The predicted molar refractivity (Wildman–Crippen MR) is 175 cm³/mol. The van der Waals surface area contributed by atoms with Crippen molar-refractivity contribution in [3.05, 3.63) is 71.1 Å². The van der Waals surface area contributed by atoms with Crippen LogP contribution < -0.4 is 14.2 Å². The molecule has 4 rings (SSSR count). The van der Waals surface area contributed by atoms with Crippen LogP contribution in [0.1, 0.15) is 52.0 Å². The van der Waals surface area contributed by atoms with Gasteiger partial charge in [-0.05, 0) is 69.6 Å². The fourth-order valence-corrected chi connectivity index (χ4v) is 5.37. The van der Waals surface area contributed by atoms with E-state index in [0.29, 0.717) is 59.6 Å². The van der Waals surface area contributed by atoms with Gasteiger partial charge in [0.25, 0.3) is 0 Å². The van der Waals surface area contributed by atoms with Crippen molar-refractivity contribution >= 4 is 34.2 Å². The molecular formula is C34H39Cl2F3N3O3. The fraction of sp³-hybridized carbons (Fsp3) is 0.412. The number of imidazole rings is 1. The van der Waals surface area contributed by atoms with Gasteiger partial charge in [-0.1, -0.05) is 50.4 Å². The third-order valence-corrected chi connectivity index (χ3v) is 7.93. The number of hydrogen-bond donors (Lipinski definition) is 0. The second-order valence-corrected chi connectivity index (χ2v) is 11.4. The summed E-state index contributed by atoms with van der Waals surface area (Å²) in [5, 5.41) is -0.0572. The molecule has 3 aromatic carbocycles. The Morgan fingerprint density at radius 3 is 2.36 bits per heavy atom. The number of alkyl halides is 3. The summed E-state index contributed by atoms with van der Waals surface area (Å²) in [5.74, 6) is 2.01. The maximum Gasteiger partial charge on any atom is 0.417 e. The van der Waals surface area contributed by atoms with Gasteiger partial charge in [0.05, 0.1) is 34.9 Å². The molecule has 11 heteroatoms. The predicted octanol–water partition coefficient (Wildman–Crippen LogP) is 10.3. The molecule has 1 heterocycles. The summed E-state index contributed by atoms with van der Waals surface area (Å²) >= 11 is 12.2. The second kappa shape index (κ2) is 15.9. The van der Waals surface area contributed by atoms with Gasteiger partial charge in [0, 0.05) is 36.3 Å². The van der Waals surface area contributed by atoms with Gasteiger partial charge >= 0.3 is 6.18 Å². The first-order chi connectivity index (χ1) is 21.6. The first-order valence-electron chi connectivity index (χ1n) is 15.3. The molecule has 4 aromatic rings. The normalized spacial score (nSPS) is 11.9. The van der Waals surface area contributed by atoms with Crippen LogP contribution in [0, 0.1) is 6.92 Å². The van der Waals surface area contributed by atoms with E-state index < -0.39 is 16.8 Å². The zero-order chi connectivity index (χ0) is 32.6. The van der Waals surface area contributed by atoms with Crippen LogP contribution in [0.4, 0.5) is 13.2 Å². The molecule has 0 aliphatic carbocycles. The molecule has 0 aliphatic rings. The molecule has 243 valence electrons. The number of unbranched alkanes of at least 4 members (excludes halogenated alkanes) is 1. The van der Waals surface area contributed by atoms with Crippen LogP contribution in [0.25, 0.3) is 22.4 Å². The average Bonchev–Trinajstić information content (AvgIpc) is 3.37. The van der Waals surface area contributed by atoms with E-state index in [2.05, 4.69) is 37.2 Å². The number of nitrogens with zero attached hydrogens (tertiary/aromatic N) is 3. The summed E-state index contributed by atoms with van der Waals surface area (Å²) in [7, 11) is 0. The summed E-state index contributed by atoms with van der Waals surface area (Å²) in [4.78, 5) is 7.35. The highest BCUT2D eigenvalue weighted by atomic mass is 35.5. The lowest BCUT2D eigenvalue weighted by molar-refractivity contribution is -0.137. The van der Waals surface area contributed by atoms with Crippen LogP contribution in [0.15, 0.2) is 48.5 Å². The number of aryl methyl sites for hydroxylation is 1. The Kier molecular flexibility index (Phi) is 12.3. The highest BCUT2D eigenvalue weighted by molar-refractivity contribution is 6.31. The summed E-state index contributed by atoms with van der Waals surface area (Å²) in [6.45, 7) is 14.8. The SMILES string of the molecule is [CH2]CCOc1cc(OCCCN(CC)CC)cc2c1nc(-c1ccc(Cl)cc1Oc1ccc(Cl)c(C(F)(F)F)c1)n2CCCC. The Balaban J connectivity index is 1.79. The lowest BCUT2D eigenvalue weighted by atomic mass is 10.1. The fourth-order valence-electron chi connectivity index (χ4n) is 4.99. The van der Waals surface area contributed by atoms with Gasteiger partial charge in [0.15, 0.2) is 5.75 Å². The van der Waals surface area contributed by atoms with Crippen molar-refractivity contribution in [2.75, 3.05) is 32.8 Å². The summed E-state index contributed by atoms with van der Waals surface area (Å²) in [6, 6.07) is 12.2. The van der Waals surface area contributed by atoms with Crippen molar-refractivity contribution in [3.8, 4) is 34.4 Å². The largest absolute Gasteiger partial charge is 0.493 e. The molecule has 0 unspecified atom stereocenters. The summed E-state index contributed by atoms with van der Waals surface area (Å²) in [5.41, 5.74) is 1.01. The molecule has 0 saturated heterocycles. The lowest BCUT2D eigenvalue weighted by Crippen LogP contribution is -2.25. The van der Waals surface area contributed by atoms with Crippen molar-refractivity contribution in [1.29, 1.82) is 0 Å². The molecule has 1 radical (unpaired) electrons. The Labute approximate surface area is 273 Å².